The zero-order chi connectivity index (χ0) is 12.1. The number of phenols is 1. The van der Waals surface area contributed by atoms with E-state index in [0.29, 0.717) is 18.5 Å². The lowest BCUT2D eigenvalue weighted by Crippen LogP contribution is -2.21. The molecule has 3 heteroatoms. The number of allylic oxidation sites excluding steroid dienone is 1. The van der Waals surface area contributed by atoms with E-state index in [9.17, 15) is 9.90 Å². The van der Waals surface area contributed by atoms with Crippen molar-refractivity contribution < 1.29 is 9.90 Å². The van der Waals surface area contributed by atoms with E-state index in [2.05, 4.69) is 6.58 Å². The molecule has 0 fully saturated rings. The number of hydrogen-bond acceptors (Lipinski definition) is 3. The highest BCUT2D eigenvalue weighted by Crippen LogP contribution is 2.19. The molecule has 1 aromatic carbocycles. The van der Waals surface area contributed by atoms with E-state index in [1.807, 2.05) is 19.0 Å². The fourth-order valence-corrected chi connectivity index (χ4v) is 1.46. The molecule has 3 nitrogen and oxygen atoms in total. The summed E-state index contributed by atoms with van der Waals surface area (Å²) in [7, 11) is 3.70. The van der Waals surface area contributed by atoms with E-state index in [1.54, 1.807) is 24.3 Å². The molecule has 1 rings (SSSR count). The average molecular weight is 219 g/mol. The van der Waals surface area contributed by atoms with Crippen LogP contribution in [-0.2, 0) is 6.42 Å². The molecule has 0 heterocycles. The number of aromatic hydroxyl groups is 1. The van der Waals surface area contributed by atoms with Gasteiger partial charge in [-0.3, -0.25) is 4.79 Å². The average Bonchev–Trinajstić information content (AvgIpc) is 2.20. The Morgan fingerprint density at radius 2 is 2.19 bits per heavy atom. The number of ketones is 1. The van der Waals surface area contributed by atoms with Crippen LogP contribution in [0.15, 0.2) is 30.9 Å². The minimum atomic E-state index is 0.0512. The summed E-state index contributed by atoms with van der Waals surface area (Å²) in [5, 5.41) is 9.56. The summed E-state index contributed by atoms with van der Waals surface area (Å²) >= 11 is 0. The lowest BCUT2D eigenvalue weighted by Gasteiger charge is -2.09. The van der Waals surface area contributed by atoms with Crippen LogP contribution in [0.4, 0.5) is 0 Å². The van der Waals surface area contributed by atoms with Gasteiger partial charge in [0.05, 0.1) is 6.54 Å². The molecular formula is C13H17NO2. The quantitative estimate of drug-likeness (QED) is 0.607. The van der Waals surface area contributed by atoms with Crippen molar-refractivity contribution in [3.8, 4) is 5.75 Å². The molecule has 0 unspecified atom stereocenters. The molecule has 0 amide bonds. The van der Waals surface area contributed by atoms with Crippen molar-refractivity contribution in [1.29, 1.82) is 0 Å². The number of rotatable bonds is 5. The highest BCUT2D eigenvalue weighted by Gasteiger charge is 2.09. The minimum Gasteiger partial charge on any atom is -0.508 e. The number of carbonyl (C=O) groups is 1. The summed E-state index contributed by atoms with van der Waals surface area (Å²) in [5.41, 5.74) is 1.36. The minimum absolute atomic E-state index is 0.0512. The van der Waals surface area contributed by atoms with Gasteiger partial charge in [0.1, 0.15) is 5.75 Å². The van der Waals surface area contributed by atoms with E-state index >= 15 is 0 Å². The molecule has 86 valence electrons. The number of hydrogen-bond donors (Lipinski definition) is 1. The van der Waals surface area contributed by atoms with Crippen LogP contribution in [0, 0.1) is 0 Å². The van der Waals surface area contributed by atoms with Crippen LogP contribution >= 0.6 is 0 Å². The van der Waals surface area contributed by atoms with Crippen LogP contribution in [0.3, 0.4) is 0 Å². The van der Waals surface area contributed by atoms with Gasteiger partial charge in [0.15, 0.2) is 5.78 Å². The molecule has 0 aliphatic rings. The van der Waals surface area contributed by atoms with Gasteiger partial charge in [0, 0.05) is 5.56 Å². The van der Waals surface area contributed by atoms with Gasteiger partial charge in [-0.15, -0.1) is 6.58 Å². The fraction of sp³-hybridized carbons (Fsp3) is 0.308. The maximum atomic E-state index is 11.8. The Morgan fingerprint density at radius 3 is 2.75 bits per heavy atom. The molecule has 1 N–H and O–H groups in total. The largest absolute Gasteiger partial charge is 0.508 e. The normalized spacial score (nSPS) is 10.4. The molecular weight excluding hydrogens is 202 g/mol. The first-order chi connectivity index (χ1) is 7.54. The van der Waals surface area contributed by atoms with E-state index in [0.717, 1.165) is 5.56 Å². The SMILES string of the molecule is C=CCc1cc(C(=O)CN(C)C)ccc1O. The Hall–Kier alpha value is -1.61. The van der Waals surface area contributed by atoms with E-state index in [4.69, 9.17) is 0 Å². The Balaban J connectivity index is 2.93. The second-order valence-electron chi connectivity index (χ2n) is 4.00. The summed E-state index contributed by atoms with van der Waals surface area (Å²) < 4.78 is 0. The lowest BCUT2D eigenvalue weighted by molar-refractivity contribution is 0.0958. The molecule has 0 bridgehead atoms. The molecule has 0 aromatic heterocycles. The van der Waals surface area contributed by atoms with E-state index < -0.39 is 0 Å². The smallest absolute Gasteiger partial charge is 0.176 e. The molecule has 16 heavy (non-hydrogen) atoms. The molecule has 0 saturated heterocycles. The van der Waals surface area contributed by atoms with Gasteiger partial charge in [-0.2, -0.15) is 0 Å². The summed E-state index contributed by atoms with van der Waals surface area (Å²) in [6, 6.07) is 4.93. The van der Waals surface area contributed by atoms with Crippen LogP contribution in [0.5, 0.6) is 5.75 Å². The maximum absolute atomic E-state index is 11.8. The molecule has 1 aromatic rings. The fourth-order valence-electron chi connectivity index (χ4n) is 1.46. The van der Waals surface area contributed by atoms with Crippen molar-refractivity contribution in [3.63, 3.8) is 0 Å². The van der Waals surface area contributed by atoms with Crippen LogP contribution in [0.2, 0.25) is 0 Å². The molecule has 0 saturated carbocycles. The van der Waals surface area contributed by atoms with Crippen molar-refractivity contribution in [2.75, 3.05) is 20.6 Å². The van der Waals surface area contributed by atoms with Gasteiger partial charge in [-0.25, -0.2) is 0 Å². The van der Waals surface area contributed by atoms with Crippen molar-refractivity contribution in [1.82, 2.24) is 4.90 Å². The van der Waals surface area contributed by atoms with Crippen molar-refractivity contribution in [3.05, 3.63) is 42.0 Å². The Bertz CT molecular complexity index is 397. The zero-order valence-corrected chi connectivity index (χ0v) is 9.73. The van der Waals surface area contributed by atoms with Gasteiger partial charge in [0.25, 0.3) is 0 Å². The van der Waals surface area contributed by atoms with Crippen LogP contribution in [-0.4, -0.2) is 36.4 Å². The number of benzene rings is 1. The Morgan fingerprint density at radius 1 is 1.50 bits per heavy atom. The third-order valence-electron chi connectivity index (χ3n) is 2.23. The number of Topliss-reactive ketones (excluding diaryl/α,β-unsaturated/α-hetero) is 1. The predicted octanol–water partition coefficient (Wildman–Crippen LogP) is 1.86. The number of carbonyl (C=O) groups excluding carboxylic acids is 1. The second kappa shape index (κ2) is 5.47. The summed E-state index contributed by atoms with van der Waals surface area (Å²) in [6.45, 7) is 3.99. The third kappa shape index (κ3) is 3.21. The molecule has 0 atom stereocenters. The van der Waals surface area contributed by atoms with Crippen molar-refractivity contribution >= 4 is 5.78 Å². The molecule has 0 radical (unpaired) electrons. The van der Waals surface area contributed by atoms with Crippen LogP contribution < -0.4 is 0 Å². The van der Waals surface area contributed by atoms with Gasteiger partial charge in [0.2, 0.25) is 0 Å². The predicted molar refractivity (Wildman–Crippen MR) is 64.9 cm³/mol. The monoisotopic (exact) mass is 219 g/mol. The Labute approximate surface area is 96.0 Å². The van der Waals surface area contributed by atoms with Crippen molar-refractivity contribution in [2.24, 2.45) is 0 Å². The first-order valence-corrected chi connectivity index (χ1v) is 5.15. The van der Waals surface area contributed by atoms with E-state index in [1.165, 1.54) is 0 Å². The van der Waals surface area contributed by atoms with Gasteiger partial charge < -0.3 is 10.0 Å². The first kappa shape index (κ1) is 12.5. The summed E-state index contributed by atoms with van der Waals surface area (Å²) in [4.78, 5) is 13.6. The molecule has 0 aliphatic carbocycles. The number of phenolic OH excluding ortho intramolecular Hbond substituents is 1. The van der Waals surface area contributed by atoms with Gasteiger partial charge in [-0.1, -0.05) is 6.08 Å². The third-order valence-corrected chi connectivity index (χ3v) is 2.23. The summed E-state index contributed by atoms with van der Waals surface area (Å²) in [5.74, 6) is 0.261. The van der Waals surface area contributed by atoms with Gasteiger partial charge in [-0.05, 0) is 44.3 Å². The number of likely N-dealkylation sites (N-methyl/N-ethyl adjacent to an activating group) is 1. The highest BCUT2D eigenvalue weighted by atomic mass is 16.3. The topological polar surface area (TPSA) is 40.5 Å². The second-order valence-corrected chi connectivity index (χ2v) is 4.00. The van der Waals surface area contributed by atoms with Gasteiger partial charge >= 0.3 is 0 Å². The lowest BCUT2D eigenvalue weighted by atomic mass is 10.0. The van der Waals surface area contributed by atoms with E-state index in [-0.39, 0.29) is 11.5 Å². The molecule has 0 spiro atoms. The van der Waals surface area contributed by atoms with Crippen LogP contribution in [0.25, 0.3) is 0 Å². The number of nitrogens with zero attached hydrogens (tertiary/aromatic N) is 1. The summed E-state index contributed by atoms with van der Waals surface area (Å²) in [6.07, 6.45) is 2.27. The Kier molecular flexibility index (Phi) is 4.26. The standard InChI is InChI=1S/C13H17NO2/c1-4-5-10-8-11(6-7-12(10)15)13(16)9-14(2)3/h4,6-8,15H,1,5,9H2,2-3H3. The maximum Gasteiger partial charge on any atom is 0.176 e. The first-order valence-electron chi connectivity index (χ1n) is 5.15. The van der Waals surface area contributed by atoms with Crippen LogP contribution in [0.1, 0.15) is 15.9 Å². The zero-order valence-electron chi connectivity index (χ0n) is 9.73. The highest BCUT2D eigenvalue weighted by molar-refractivity contribution is 5.97. The molecule has 0 aliphatic heterocycles. The van der Waals surface area contributed by atoms with Crippen molar-refractivity contribution in [2.45, 2.75) is 6.42 Å².